The first kappa shape index (κ1) is 15.0. The van der Waals surface area contributed by atoms with Gasteiger partial charge in [-0.05, 0) is 19.1 Å². The Labute approximate surface area is 122 Å². The van der Waals surface area contributed by atoms with Gasteiger partial charge in [-0.2, -0.15) is 0 Å². The summed E-state index contributed by atoms with van der Waals surface area (Å²) in [6.07, 6.45) is 0. The predicted octanol–water partition coefficient (Wildman–Crippen LogP) is 1.57. The summed E-state index contributed by atoms with van der Waals surface area (Å²) < 4.78 is 5.30. The maximum Gasteiger partial charge on any atom is 0.356 e. The van der Waals surface area contributed by atoms with Crippen LogP contribution in [0, 0.1) is 0 Å². The van der Waals surface area contributed by atoms with Crippen molar-refractivity contribution in [2.75, 3.05) is 38.2 Å². The van der Waals surface area contributed by atoms with Gasteiger partial charge in [-0.25, -0.2) is 9.78 Å². The van der Waals surface area contributed by atoms with Crippen LogP contribution in [0.5, 0.6) is 0 Å². The Morgan fingerprint density at radius 3 is 2.90 bits per heavy atom. The van der Waals surface area contributed by atoms with Crippen LogP contribution < -0.4 is 5.32 Å². The molecule has 1 atom stereocenters. The Morgan fingerprint density at radius 2 is 2.25 bits per heavy atom. The number of rotatable bonds is 5. The van der Waals surface area contributed by atoms with Crippen LogP contribution in [-0.2, 0) is 4.74 Å². The summed E-state index contributed by atoms with van der Waals surface area (Å²) in [6.45, 7) is 6.24. The monoisotopic (exact) mass is 299 g/mol. The van der Waals surface area contributed by atoms with Gasteiger partial charge in [0.25, 0.3) is 0 Å². The van der Waals surface area contributed by atoms with Crippen LogP contribution in [0.2, 0.25) is 5.02 Å². The van der Waals surface area contributed by atoms with Crippen molar-refractivity contribution in [3.8, 4) is 0 Å². The van der Waals surface area contributed by atoms with Gasteiger partial charge < -0.3 is 15.2 Å². The van der Waals surface area contributed by atoms with E-state index in [2.05, 4.69) is 15.2 Å². The number of nitrogens with zero attached hydrogens (tertiary/aromatic N) is 2. The maximum atomic E-state index is 11.0. The molecule has 2 heterocycles. The van der Waals surface area contributed by atoms with E-state index in [1.807, 2.05) is 6.92 Å². The molecule has 110 valence electrons. The zero-order chi connectivity index (χ0) is 14.5. The molecule has 0 aromatic carbocycles. The highest BCUT2D eigenvalue weighted by Crippen LogP contribution is 2.17. The van der Waals surface area contributed by atoms with Crippen molar-refractivity contribution in [1.29, 1.82) is 0 Å². The molecule has 1 aliphatic heterocycles. The molecule has 1 aromatic heterocycles. The van der Waals surface area contributed by atoms with E-state index >= 15 is 0 Å². The van der Waals surface area contributed by atoms with Gasteiger partial charge in [-0.3, -0.25) is 4.90 Å². The minimum atomic E-state index is -1.13. The lowest BCUT2D eigenvalue weighted by Crippen LogP contribution is -2.42. The molecule has 0 saturated carbocycles. The highest BCUT2D eigenvalue weighted by Gasteiger charge is 2.15. The van der Waals surface area contributed by atoms with E-state index in [0.717, 1.165) is 32.8 Å². The molecule has 0 bridgehead atoms. The molecule has 1 saturated heterocycles. The summed E-state index contributed by atoms with van der Waals surface area (Å²) in [5.41, 5.74) is -0.129. The molecule has 2 rings (SSSR count). The first-order valence-corrected chi connectivity index (χ1v) is 6.90. The summed E-state index contributed by atoms with van der Waals surface area (Å²) in [6, 6.07) is 3.38. The van der Waals surface area contributed by atoms with Gasteiger partial charge in [-0.15, -0.1) is 0 Å². The smallest absolute Gasteiger partial charge is 0.356 e. The van der Waals surface area contributed by atoms with Gasteiger partial charge in [0.15, 0.2) is 5.69 Å². The second kappa shape index (κ2) is 6.88. The molecule has 2 N–H and O–H groups in total. The number of morpholine rings is 1. The minimum absolute atomic E-state index is 0.129. The number of anilines is 1. The van der Waals surface area contributed by atoms with Gasteiger partial charge in [0.1, 0.15) is 5.82 Å². The van der Waals surface area contributed by atoms with Crippen LogP contribution in [0.1, 0.15) is 17.4 Å². The van der Waals surface area contributed by atoms with Crippen molar-refractivity contribution in [1.82, 2.24) is 9.88 Å². The average Bonchev–Trinajstić information content (AvgIpc) is 2.41. The minimum Gasteiger partial charge on any atom is -0.476 e. The molecule has 1 aromatic rings. The fourth-order valence-corrected chi connectivity index (χ4v) is 2.33. The Morgan fingerprint density at radius 1 is 1.55 bits per heavy atom. The van der Waals surface area contributed by atoms with Gasteiger partial charge in [-0.1, -0.05) is 11.6 Å². The third-order valence-corrected chi connectivity index (χ3v) is 3.38. The summed E-state index contributed by atoms with van der Waals surface area (Å²) in [5, 5.41) is 12.3. The average molecular weight is 300 g/mol. The number of carboxylic acids is 1. The number of pyridine rings is 1. The lowest BCUT2D eigenvalue weighted by Gasteiger charge is -2.29. The lowest BCUT2D eigenvalue weighted by molar-refractivity contribution is 0.0368. The SMILES string of the molecule is CC(CN1CCOCC1)Nc1ccc(Cl)c(C(=O)O)n1. The summed E-state index contributed by atoms with van der Waals surface area (Å²) in [7, 11) is 0. The number of nitrogens with one attached hydrogen (secondary N) is 1. The number of halogens is 1. The maximum absolute atomic E-state index is 11.0. The third kappa shape index (κ3) is 4.06. The Hall–Kier alpha value is -1.37. The Bertz CT molecular complexity index is 478. The quantitative estimate of drug-likeness (QED) is 0.859. The number of hydrogen-bond acceptors (Lipinski definition) is 5. The number of aromatic carboxylic acids is 1. The summed E-state index contributed by atoms with van der Waals surface area (Å²) in [4.78, 5) is 17.3. The zero-order valence-electron chi connectivity index (χ0n) is 11.3. The topological polar surface area (TPSA) is 74.7 Å². The van der Waals surface area contributed by atoms with Crippen LogP contribution in [0.4, 0.5) is 5.82 Å². The molecule has 0 spiro atoms. The second-order valence-corrected chi connectivity index (χ2v) is 5.20. The number of carboxylic acid groups (broad SMARTS) is 1. The standard InChI is InChI=1S/C13H18ClN3O3/c1-9(8-17-4-6-20-7-5-17)15-11-3-2-10(14)12(16-11)13(18)19/h2-3,9H,4-8H2,1H3,(H,15,16)(H,18,19). The van der Waals surface area contributed by atoms with E-state index in [4.69, 9.17) is 21.4 Å². The first-order valence-electron chi connectivity index (χ1n) is 6.52. The summed E-state index contributed by atoms with van der Waals surface area (Å²) >= 11 is 5.79. The number of ether oxygens (including phenoxy) is 1. The van der Waals surface area contributed by atoms with Gasteiger partial charge in [0, 0.05) is 25.7 Å². The van der Waals surface area contributed by atoms with Gasteiger partial charge in [0.05, 0.1) is 18.2 Å². The van der Waals surface area contributed by atoms with Crippen molar-refractivity contribution < 1.29 is 14.6 Å². The van der Waals surface area contributed by atoms with Crippen LogP contribution in [-0.4, -0.2) is 59.8 Å². The van der Waals surface area contributed by atoms with Crippen molar-refractivity contribution in [3.05, 3.63) is 22.8 Å². The van der Waals surface area contributed by atoms with Crippen molar-refractivity contribution in [3.63, 3.8) is 0 Å². The van der Waals surface area contributed by atoms with E-state index in [9.17, 15) is 4.79 Å². The molecular formula is C13H18ClN3O3. The third-order valence-electron chi connectivity index (χ3n) is 3.08. The highest BCUT2D eigenvalue weighted by atomic mass is 35.5. The second-order valence-electron chi connectivity index (χ2n) is 4.79. The molecule has 0 amide bonds. The molecular weight excluding hydrogens is 282 g/mol. The zero-order valence-corrected chi connectivity index (χ0v) is 12.1. The first-order chi connectivity index (χ1) is 9.56. The molecule has 1 unspecified atom stereocenters. The highest BCUT2D eigenvalue weighted by molar-refractivity contribution is 6.33. The number of hydrogen-bond donors (Lipinski definition) is 2. The van der Waals surface area contributed by atoms with Crippen LogP contribution in [0.3, 0.4) is 0 Å². The van der Waals surface area contributed by atoms with E-state index < -0.39 is 5.97 Å². The Kier molecular flexibility index (Phi) is 5.17. The van der Waals surface area contributed by atoms with Crippen molar-refractivity contribution in [2.45, 2.75) is 13.0 Å². The van der Waals surface area contributed by atoms with E-state index in [1.165, 1.54) is 0 Å². The van der Waals surface area contributed by atoms with Gasteiger partial charge >= 0.3 is 5.97 Å². The molecule has 1 aliphatic rings. The van der Waals surface area contributed by atoms with Gasteiger partial charge in [0.2, 0.25) is 0 Å². The fraction of sp³-hybridized carbons (Fsp3) is 0.538. The van der Waals surface area contributed by atoms with Crippen LogP contribution >= 0.6 is 11.6 Å². The largest absolute Gasteiger partial charge is 0.476 e. The van der Waals surface area contributed by atoms with E-state index in [-0.39, 0.29) is 16.8 Å². The van der Waals surface area contributed by atoms with E-state index in [0.29, 0.717) is 5.82 Å². The summed E-state index contributed by atoms with van der Waals surface area (Å²) in [5.74, 6) is -0.605. The normalized spacial score (nSPS) is 17.7. The molecule has 7 heteroatoms. The predicted molar refractivity (Wildman–Crippen MR) is 76.6 cm³/mol. The molecule has 0 aliphatic carbocycles. The lowest BCUT2D eigenvalue weighted by atomic mass is 10.2. The van der Waals surface area contributed by atoms with Crippen molar-refractivity contribution >= 4 is 23.4 Å². The van der Waals surface area contributed by atoms with Crippen molar-refractivity contribution in [2.24, 2.45) is 0 Å². The molecule has 20 heavy (non-hydrogen) atoms. The number of aromatic nitrogens is 1. The van der Waals surface area contributed by atoms with E-state index in [1.54, 1.807) is 12.1 Å². The molecule has 0 radical (unpaired) electrons. The molecule has 6 nitrogen and oxygen atoms in total. The molecule has 1 fully saturated rings. The fourth-order valence-electron chi connectivity index (χ4n) is 2.14. The number of carbonyl (C=O) groups is 1. The van der Waals surface area contributed by atoms with Crippen LogP contribution in [0.25, 0.3) is 0 Å². The Balaban J connectivity index is 1.95. The van der Waals surface area contributed by atoms with Crippen LogP contribution in [0.15, 0.2) is 12.1 Å².